The number of carbonyl (C=O) groups is 1. The van der Waals surface area contributed by atoms with Gasteiger partial charge >= 0.3 is 5.97 Å². The Bertz CT molecular complexity index is 497. The summed E-state index contributed by atoms with van der Waals surface area (Å²) in [5.74, 6) is -0.344. The molecular formula is C12H10N2O2. The Morgan fingerprint density at radius 2 is 2.06 bits per heavy atom. The van der Waals surface area contributed by atoms with Crippen molar-refractivity contribution in [2.24, 2.45) is 0 Å². The van der Waals surface area contributed by atoms with E-state index >= 15 is 0 Å². The summed E-state index contributed by atoms with van der Waals surface area (Å²) in [6, 6.07) is 9.03. The number of benzene rings is 1. The van der Waals surface area contributed by atoms with E-state index in [9.17, 15) is 4.79 Å². The van der Waals surface area contributed by atoms with E-state index < -0.39 is 0 Å². The molecule has 1 aromatic heterocycles. The first kappa shape index (κ1) is 10.3. The molecule has 0 spiro atoms. The Kier molecular flexibility index (Phi) is 2.91. The van der Waals surface area contributed by atoms with Gasteiger partial charge in [0.25, 0.3) is 0 Å². The Labute approximate surface area is 92.9 Å². The maximum Gasteiger partial charge on any atom is 0.337 e. The van der Waals surface area contributed by atoms with Gasteiger partial charge in [0, 0.05) is 5.56 Å². The van der Waals surface area contributed by atoms with Gasteiger partial charge in [-0.3, -0.25) is 0 Å². The molecule has 0 amide bonds. The third kappa shape index (κ3) is 2.06. The predicted octanol–water partition coefficient (Wildman–Crippen LogP) is 1.93. The summed E-state index contributed by atoms with van der Waals surface area (Å²) >= 11 is 0. The predicted molar refractivity (Wildman–Crippen MR) is 58.8 cm³/mol. The minimum atomic E-state index is -0.344. The molecule has 0 N–H and O–H groups in total. The molecule has 4 nitrogen and oxygen atoms in total. The first-order valence-electron chi connectivity index (χ1n) is 4.76. The number of carbonyl (C=O) groups excluding carboxylic acids is 1. The smallest absolute Gasteiger partial charge is 0.337 e. The van der Waals surface area contributed by atoms with Crippen molar-refractivity contribution in [2.75, 3.05) is 7.11 Å². The van der Waals surface area contributed by atoms with Gasteiger partial charge in [0.1, 0.15) is 0 Å². The van der Waals surface area contributed by atoms with Crippen molar-refractivity contribution < 1.29 is 9.53 Å². The van der Waals surface area contributed by atoms with Crippen LogP contribution in [0, 0.1) is 0 Å². The van der Waals surface area contributed by atoms with E-state index in [1.807, 2.05) is 18.2 Å². The van der Waals surface area contributed by atoms with Crippen LogP contribution in [0.4, 0.5) is 0 Å². The maximum atomic E-state index is 11.3. The number of rotatable bonds is 2. The first-order chi connectivity index (χ1) is 7.81. The molecule has 0 radical (unpaired) electrons. The molecule has 0 aliphatic rings. The second-order valence-corrected chi connectivity index (χ2v) is 3.20. The molecule has 0 saturated carbocycles. The second-order valence-electron chi connectivity index (χ2n) is 3.20. The highest BCUT2D eigenvalue weighted by atomic mass is 16.5. The topological polar surface area (TPSA) is 52.1 Å². The monoisotopic (exact) mass is 214 g/mol. The molecule has 2 aromatic rings. The third-order valence-corrected chi connectivity index (χ3v) is 2.20. The summed E-state index contributed by atoms with van der Waals surface area (Å²) in [4.78, 5) is 11.3. The van der Waals surface area contributed by atoms with Crippen molar-refractivity contribution in [3.63, 3.8) is 0 Å². The highest BCUT2D eigenvalue weighted by molar-refractivity contribution is 5.90. The van der Waals surface area contributed by atoms with Gasteiger partial charge in [0.05, 0.1) is 25.1 Å². The zero-order chi connectivity index (χ0) is 11.4. The Balaban J connectivity index is 2.40. The Morgan fingerprint density at radius 3 is 2.75 bits per heavy atom. The quantitative estimate of drug-likeness (QED) is 0.717. The molecule has 2 rings (SSSR count). The molecule has 1 heterocycles. The molecule has 0 fully saturated rings. The largest absolute Gasteiger partial charge is 0.465 e. The van der Waals surface area contributed by atoms with Crippen LogP contribution in [0.15, 0.2) is 42.7 Å². The molecule has 0 saturated heterocycles. The molecule has 0 bridgehead atoms. The Hall–Kier alpha value is -2.23. The zero-order valence-corrected chi connectivity index (χ0v) is 8.75. The van der Waals surface area contributed by atoms with Crippen LogP contribution in [-0.4, -0.2) is 23.3 Å². The molecule has 0 atom stereocenters. The number of aromatic nitrogens is 2. The fraction of sp³-hybridized carbons (Fsp3) is 0.0833. The van der Waals surface area contributed by atoms with Crippen LogP contribution >= 0.6 is 0 Å². The maximum absolute atomic E-state index is 11.3. The van der Waals surface area contributed by atoms with Gasteiger partial charge in [0.15, 0.2) is 0 Å². The van der Waals surface area contributed by atoms with Crippen LogP contribution in [0.1, 0.15) is 10.4 Å². The lowest BCUT2D eigenvalue weighted by molar-refractivity contribution is 0.0601. The SMILES string of the molecule is COC(=O)c1cccc(-c2ccnnc2)c1. The van der Waals surface area contributed by atoms with Gasteiger partial charge in [-0.05, 0) is 23.8 Å². The second kappa shape index (κ2) is 4.53. The lowest BCUT2D eigenvalue weighted by Crippen LogP contribution is -2.00. The number of nitrogens with zero attached hydrogens (tertiary/aromatic N) is 2. The van der Waals surface area contributed by atoms with Crippen LogP contribution in [0.5, 0.6) is 0 Å². The molecule has 80 valence electrons. The number of ether oxygens (including phenoxy) is 1. The number of hydrogen-bond donors (Lipinski definition) is 0. The summed E-state index contributed by atoms with van der Waals surface area (Å²) in [6.07, 6.45) is 3.26. The van der Waals surface area contributed by atoms with Crippen molar-refractivity contribution >= 4 is 5.97 Å². The van der Waals surface area contributed by atoms with Crippen LogP contribution < -0.4 is 0 Å². The first-order valence-corrected chi connectivity index (χ1v) is 4.76. The molecule has 0 aliphatic carbocycles. The van der Waals surface area contributed by atoms with Crippen molar-refractivity contribution in [3.05, 3.63) is 48.3 Å². The highest BCUT2D eigenvalue weighted by Gasteiger charge is 2.06. The van der Waals surface area contributed by atoms with Gasteiger partial charge < -0.3 is 4.74 Å². The molecule has 1 aromatic carbocycles. The summed E-state index contributed by atoms with van der Waals surface area (Å²) in [7, 11) is 1.36. The van der Waals surface area contributed by atoms with E-state index in [-0.39, 0.29) is 5.97 Å². The fourth-order valence-electron chi connectivity index (χ4n) is 1.41. The van der Waals surface area contributed by atoms with Crippen LogP contribution in [-0.2, 0) is 4.74 Å². The lowest BCUT2D eigenvalue weighted by Gasteiger charge is -2.03. The third-order valence-electron chi connectivity index (χ3n) is 2.20. The molecule has 16 heavy (non-hydrogen) atoms. The number of methoxy groups -OCH3 is 1. The standard InChI is InChI=1S/C12H10N2O2/c1-16-12(15)10-4-2-3-9(7-10)11-5-6-13-14-8-11/h2-8H,1H3. The highest BCUT2D eigenvalue weighted by Crippen LogP contribution is 2.18. The average Bonchev–Trinajstić information content (AvgIpc) is 2.39. The van der Waals surface area contributed by atoms with Gasteiger partial charge in [0.2, 0.25) is 0 Å². The summed E-state index contributed by atoms with van der Waals surface area (Å²) < 4.78 is 4.66. The molecular weight excluding hydrogens is 204 g/mol. The molecule has 0 unspecified atom stereocenters. The van der Waals surface area contributed by atoms with Crippen molar-refractivity contribution in [3.8, 4) is 11.1 Å². The van der Waals surface area contributed by atoms with Crippen molar-refractivity contribution in [1.82, 2.24) is 10.2 Å². The van der Waals surface area contributed by atoms with E-state index in [1.54, 1.807) is 24.5 Å². The van der Waals surface area contributed by atoms with Crippen LogP contribution in [0.25, 0.3) is 11.1 Å². The van der Waals surface area contributed by atoms with Gasteiger partial charge in [-0.2, -0.15) is 10.2 Å². The van der Waals surface area contributed by atoms with Gasteiger partial charge in [-0.25, -0.2) is 4.79 Å². The van der Waals surface area contributed by atoms with E-state index in [0.29, 0.717) is 5.56 Å². The minimum absolute atomic E-state index is 0.344. The van der Waals surface area contributed by atoms with Crippen molar-refractivity contribution in [1.29, 1.82) is 0 Å². The normalized spacial score (nSPS) is 9.81. The van der Waals surface area contributed by atoms with Crippen LogP contribution in [0.3, 0.4) is 0 Å². The van der Waals surface area contributed by atoms with Gasteiger partial charge in [-0.15, -0.1) is 0 Å². The van der Waals surface area contributed by atoms with Crippen LogP contribution in [0.2, 0.25) is 0 Å². The minimum Gasteiger partial charge on any atom is -0.465 e. The number of hydrogen-bond acceptors (Lipinski definition) is 4. The number of esters is 1. The van der Waals surface area contributed by atoms with E-state index in [0.717, 1.165) is 11.1 Å². The summed E-state index contributed by atoms with van der Waals surface area (Å²) in [5.41, 5.74) is 2.36. The average molecular weight is 214 g/mol. The molecule has 0 aliphatic heterocycles. The zero-order valence-electron chi connectivity index (χ0n) is 8.75. The van der Waals surface area contributed by atoms with Crippen molar-refractivity contribution in [2.45, 2.75) is 0 Å². The van der Waals surface area contributed by atoms with Gasteiger partial charge in [-0.1, -0.05) is 12.1 Å². The summed E-state index contributed by atoms with van der Waals surface area (Å²) in [6.45, 7) is 0. The lowest BCUT2D eigenvalue weighted by atomic mass is 10.1. The van der Waals surface area contributed by atoms with E-state index in [2.05, 4.69) is 14.9 Å². The van der Waals surface area contributed by atoms with E-state index in [1.165, 1.54) is 7.11 Å². The fourth-order valence-corrected chi connectivity index (χ4v) is 1.41. The van der Waals surface area contributed by atoms with E-state index in [4.69, 9.17) is 0 Å². The Morgan fingerprint density at radius 1 is 1.19 bits per heavy atom. The summed E-state index contributed by atoms with van der Waals surface area (Å²) in [5, 5.41) is 7.49. The molecule has 4 heteroatoms.